The van der Waals surface area contributed by atoms with Crippen molar-refractivity contribution < 1.29 is 15.0 Å². The minimum absolute atomic E-state index is 0.0324. The van der Waals surface area contributed by atoms with E-state index in [4.69, 9.17) is 10.2 Å². The Hall–Kier alpha value is -0.520. The maximum atomic E-state index is 11.1. The average Bonchev–Trinajstić information content (AvgIpc) is 2.09. The number of carbonyl (C=O) groups excluding carboxylic acids is 1. The van der Waals surface area contributed by atoms with Gasteiger partial charge in [-0.3, -0.25) is 4.79 Å². The Balaban J connectivity index is 2.44. The molecule has 2 N–H and O–H groups in total. The molecule has 0 fully saturated rings. The standard InChI is InChI=1S/C7H11NO3S/c9-4-6(10)3-8-1-2-12-5-7(8)11/h1-2,6,9-10H,3-5H2. The van der Waals surface area contributed by atoms with Crippen LogP contribution in [0.1, 0.15) is 0 Å². The third-order valence-electron chi connectivity index (χ3n) is 1.48. The zero-order valence-electron chi connectivity index (χ0n) is 6.51. The van der Waals surface area contributed by atoms with Gasteiger partial charge in [0.1, 0.15) is 0 Å². The molecule has 0 spiro atoms. The minimum Gasteiger partial charge on any atom is -0.394 e. The largest absolute Gasteiger partial charge is 0.394 e. The van der Waals surface area contributed by atoms with Crippen LogP contribution in [-0.2, 0) is 4.79 Å². The molecular weight excluding hydrogens is 178 g/mol. The lowest BCUT2D eigenvalue weighted by Crippen LogP contribution is -2.37. The summed E-state index contributed by atoms with van der Waals surface area (Å²) in [6.45, 7) is -0.142. The van der Waals surface area contributed by atoms with E-state index in [0.717, 1.165) is 0 Å². The molecule has 5 heteroatoms. The van der Waals surface area contributed by atoms with Gasteiger partial charge in [0.25, 0.3) is 0 Å². The predicted molar refractivity (Wildman–Crippen MR) is 46.4 cm³/mol. The van der Waals surface area contributed by atoms with Crippen molar-refractivity contribution in [3.05, 3.63) is 11.6 Å². The van der Waals surface area contributed by atoms with E-state index in [1.807, 2.05) is 0 Å². The SMILES string of the molecule is O=C1CSC=CN1CC(O)CO. The van der Waals surface area contributed by atoms with Crippen LogP contribution in [0.2, 0.25) is 0 Å². The molecule has 68 valence electrons. The van der Waals surface area contributed by atoms with Gasteiger partial charge in [0, 0.05) is 6.20 Å². The molecule has 0 aromatic carbocycles. The number of aliphatic hydroxyl groups is 2. The number of nitrogens with zero attached hydrogens (tertiary/aromatic N) is 1. The predicted octanol–water partition coefficient (Wildman–Crippen LogP) is -0.614. The fraction of sp³-hybridized carbons (Fsp3) is 0.571. The van der Waals surface area contributed by atoms with E-state index in [0.29, 0.717) is 5.75 Å². The summed E-state index contributed by atoms with van der Waals surface area (Å²) < 4.78 is 0. The van der Waals surface area contributed by atoms with E-state index in [-0.39, 0.29) is 19.1 Å². The van der Waals surface area contributed by atoms with Crippen LogP contribution in [0.5, 0.6) is 0 Å². The van der Waals surface area contributed by atoms with Gasteiger partial charge in [-0.05, 0) is 5.41 Å². The maximum Gasteiger partial charge on any atom is 0.236 e. The van der Waals surface area contributed by atoms with Gasteiger partial charge in [-0.2, -0.15) is 0 Å². The summed E-state index contributed by atoms with van der Waals surface area (Å²) in [6.07, 6.45) is 0.775. The maximum absolute atomic E-state index is 11.1. The summed E-state index contributed by atoms with van der Waals surface area (Å²) in [5.41, 5.74) is 0. The molecule has 4 nitrogen and oxygen atoms in total. The molecule has 0 saturated heterocycles. The van der Waals surface area contributed by atoms with Crippen LogP contribution < -0.4 is 0 Å². The fourth-order valence-corrected chi connectivity index (χ4v) is 1.49. The van der Waals surface area contributed by atoms with Crippen molar-refractivity contribution in [2.75, 3.05) is 18.9 Å². The summed E-state index contributed by atoms with van der Waals surface area (Å²) >= 11 is 1.43. The summed E-state index contributed by atoms with van der Waals surface area (Å²) in [5.74, 6) is 0.379. The van der Waals surface area contributed by atoms with Crippen LogP contribution in [0, 0.1) is 0 Å². The first-order valence-electron chi connectivity index (χ1n) is 3.60. The van der Waals surface area contributed by atoms with Gasteiger partial charge >= 0.3 is 0 Å². The molecule has 1 heterocycles. The quantitative estimate of drug-likeness (QED) is 0.621. The average molecular weight is 189 g/mol. The number of hydrogen-bond acceptors (Lipinski definition) is 4. The highest BCUT2D eigenvalue weighted by atomic mass is 32.2. The van der Waals surface area contributed by atoms with Crippen molar-refractivity contribution in [2.24, 2.45) is 0 Å². The van der Waals surface area contributed by atoms with E-state index in [1.54, 1.807) is 11.6 Å². The van der Waals surface area contributed by atoms with Gasteiger partial charge in [-0.1, -0.05) is 0 Å². The number of hydrogen-bond donors (Lipinski definition) is 2. The van der Waals surface area contributed by atoms with Gasteiger partial charge < -0.3 is 15.1 Å². The fourth-order valence-electron chi connectivity index (χ4n) is 0.849. The van der Waals surface area contributed by atoms with Gasteiger partial charge in [-0.15, -0.1) is 11.8 Å². The minimum atomic E-state index is -0.846. The summed E-state index contributed by atoms with van der Waals surface area (Å²) in [5, 5.41) is 19.4. The second-order valence-electron chi connectivity index (χ2n) is 2.48. The summed E-state index contributed by atoms with van der Waals surface area (Å²) in [4.78, 5) is 12.5. The Bertz CT molecular complexity index is 195. The second-order valence-corrected chi connectivity index (χ2v) is 3.37. The Kier molecular flexibility index (Phi) is 3.58. The first kappa shape index (κ1) is 9.57. The number of amides is 1. The lowest BCUT2D eigenvalue weighted by atomic mass is 10.3. The molecule has 0 aliphatic carbocycles. The third-order valence-corrected chi connectivity index (χ3v) is 2.21. The van der Waals surface area contributed by atoms with Crippen LogP contribution in [0.3, 0.4) is 0 Å². The van der Waals surface area contributed by atoms with Gasteiger partial charge in [0.2, 0.25) is 5.91 Å². The van der Waals surface area contributed by atoms with E-state index >= 15 is 0 Å². The lowest BCUT2D eigenvalue weighted by Gasteiger charge is -2.22. The van der Waals surface area contributed by atoms with Crippen molar-refractivity contribution in [1.82, 2.24) is 4.90 Å². The molecule has 12 heavy (non-hydrogen) atoms. The molecule has 1 aliphatic heterocycles. The van der Waals surface area contributed by atoms with Crippen LogP contribution >= 0.6 is 11.8 Å². The molecule has 1 amide bonds. The monoisotopic (exact) mass is 189 g/mol. The van der Waals surface area contributed by atoms with Crippen molar-refractivity contribution in [2.45, 2.75) is 6.10 Å². The highest BCUT2D eigenvalue weighted by Gasteiger charge is 2.16. The third kappa shape index (κ3) is 2.51. The molecule has 1 rings (SSSR count). The number of rotatable bonds is 3. The zero-order chi connectivity index (χ0) is 8.97. The van der Waals surface area contributed by atoms with Crippen molar-refractivity contribution in [3.63, 3.8) is 0 Å². The highest BCUT2D eigenvalue weighted by molar-refractivity contribution is 8.02. The lowest BCUT2D eigenvalue weighted by molar-refractivity contribution is -0.127. The Morgan fingerprint density at radius 2 is 2.50 bits per heavy atom. The van der Waals surface area contributed by atoms with Crippen molar-refractivity contribution in [3.8, 4) is 0 Å². The highest BCUT2D eigenvalue weighted by Crippen LogP contribution is 2.12. The van der Waals surface area contributed by atoms with E-state index < -0.39 is 6.10 Å². The first-order valence-corrected chi connectivity index (χ1v) is 4.65. The van der Waals surface area contributed by atoms with E-state index in [2.05, 4.69) is 0 Å². The molecule has 0 aromatic rings. The summed E-state index contributed by atoms with van der Waals surface area (Å²) in [7, 11) is 0. The molecule has 0 radical (unpaired) electrons. The number of aliphatic hydroxyl groups excluding tert-OH is 2. The van der Waals surface area contributed by atoms with Crippen molar-refractivity contribution in [1.29, 1.82) is 0 Å². The molecular formula is C7H11NO3S. The molecule has 1 unspecified atom stereocenters. The topological polar surface area (TPSA) is 60.8 Å². The Morgan fingerprint density at radius 1 is 1.75 bits per heavy atom. The molecule has 0 aromatic heterocycles. The van der Waals surface area contributed by atoms with E-state index in [9.17, 15) is 4.79 Å². The zero-order valence-corrected chi connectivity index (χ0v) is 7.33. The Morgan fingerprint density at radius 3 is 3.08 bits per heavy atom. The van der Waals surface area contributed by atoms with Gasteiger partial charge in [-0.25, -0.2) is 0 Å². The van der Waals surface area contributed by atoms with E-state index in [1.165, 1.54) is 16.7 Å². The molecule has 1 atom stereocenters. The number of carbonyl (C=O) groups is 1. The number of thioether (sulfide) groups is 1. The summed E-state index contributed by atoms with van der Waals surface area (Å²) in [6, 6.07) is 0. The molecule has 0 bridgehead atoms. The Labute approximate surface area is 74.9 Å². The normalized spacial score (nSPS) is 19.8. The van der Waals surface area contributed by atoms with Gasteiger partial charge in [0.15, 0.2) is 0 Å². The van der Waals surface area contributed by atoms with Gasteiger partial charge in [0.05, 0.1) is 25.0 Å². The molecule has 0 saturated carbocycles. The first-order chi connectivity index (χ1) is 5.74. The van der Waals surface area contributed by atoms with Crippen LogP contribution in [0.25, 0.3) is 0 Å². The van der Waals surface area contributed by atoms with Crippen LogP contribution in [0.15, 0.2) is 11.6 Å². The number of β-amino-alcohol motifs (C(OH)–C–C–N with tert-alkyl or cyclic N) is 1. The van der Waals surface area contributed by atoms with Crippen molar-refractivity contribution >= 4 is 17.7 Å². The second kappa shape index (κ2) is 4.49. The molecule has 1 aliphatic rings. The smallest absolute Gasteiger partial charge is 0.236 e. The van der Waals surface area contributed by atoms with Crippen LogP contribution in [0.4, 0.5) is 0 Å². The van der Waals surface area contributed by atoms with Crippen LogP contribution in [-0.4, -0.2) is 46.0 Å².